The van der Waals surface area contributed by atoms with Gasteiger partial charge in [-0.3, -0.25) is 4.79 Å². The molecule has 1 N–H and O–H groups in total. The van der Waals surface area contributed by atoms with Gasteiger partial charge in [0.15, 0.2) is 6.61 Å². The van der Waals surface area contributed by atoms with E-state index in [1.54, 1.807) is 0 Å². The number of aromatic nitrogens is 1. The average molecular weight is 383 g/mol. The fourth-order valence-electron chi connectivity index (χ4n) is 3.09. The number of piperazine rings is 1. The molecule has 6 nitrogen and oxygen atoms in total. The molecule has 1 fully saturated rings. The first-order valence-corrected chi connectivity index (χ1v) is 9.89. The lowest BCUT2D eigenvalue weighted by atomic mass is 10.0. The van der Waals surface area contributed by atoms with Crippen LogP contribution in [0.2, 0.25) is 0 Å². The highest BCUT2D eigenvalue weighted by atomic mass is 16.5. The highest BCUT2D eigenvalue weighted by Crippen LogP contribution is 2.18. The maximum atomic E-state index is 12.0. The van der Waals surface area contributed by atoms with Gasteiger partial charge in [0.2, 0.25) is 0 Å². The molecule has 28 heavy (non-hydrogen) atoms. The summed E-state index contributed by atoms with van der Waals surface area (Å²) in [6, 6.07) is 11.9. The fourth-order valence-corrected chi connectivity index (χ4v) is 3.09. The summed E-state index contributed by atoms with van der Waals surface area (Å²) in [5.74, 6) is 2.04. The Morgan fingerprint density at radius 2 is 1.82 bits per heavy atom. The first-order chi connectivity index (χ1) is 13.5. The molecule has 6 heteroatoms. The van der Waals surface area contributed by atoms with Gasteiger partial charge in [-0.1, -0.05) is 32.0 Å². The van der Waals surface area contributed by atoms with Crippen LogP contribution in [0.1, 0.15) is 30.9 Å². The van der Waals surface area contributed by atoms with Crippen molar-refractivity contribution in [3.05, 3.63) is 53.7 Å². The van der Waals surface area contributed by atoms with Crippen LogP contribution in [0.3, 0.4) is 0 Å². The van der Waals surface area contributed by atoms with Gasteiger partial charge < -0.3 is 19.9 Å². The number of hydrogen-bond acceptors (Lipinski definition) is 5. The number of rotatable bonds is 7. The Kier molecular flexibility index (Phi) is 6.87. The smallest absolute Gasteiger partial charge is 0.258 e. The summed E-state index contributed by atoms with van der Waals surface area (Å²) < 4.78 is 5.56. The van der Waals surface area contributed by atoms with E-state index < -0.39 is 0 Å². The van der Waals surface area contributed by atoms with Gasteiger partial charge in [0.25, 0.3) is 5.91 Å². The molecule has 0 spiro atoms. The third-order valence-electron chi connectivity index (χ3n) is 5.04. The van der Waals surface area contributed by atoms with Crippen molar-refractivity contribution < 1.29 is 9.53 Å². The Labute approximate surface area is 167 Å². The summed E-state index contributed by atoms with van der Waals surface area (Å²) in [6.45, 7) is 8.85. The highest BCUT2D eigenvalue weighted by molar-refractivity contribution is 5.77. The number of carbonyl (C=O) groups is 1. The average Bonchev–Trinajstić information content (AvgIpc) is 2.72. The number of benzene rings is 1. The normalized spacial score (nSPS) is 14.9. The minimum absolute atomic E-state index is 0.00777. The molecule has 3 rings (SSSR count). The molecule has 0 radical (unpaired) electrons. The van der Waals surface area contributed by atoms with E-state index in [2.05, 4.69) is 41.0 Å². The Morgan fingerprint density at radius 1 is 1.11 bits per heavy atom. The van der Waals surface area contributed by atoms with E-state index in [0.29, 0.717) is 18.2 Å². The van der Waals surface area contributed by atoms with Crippen molar-refractivity contribution in [1.82, 2.24) is 15.2 Å². The van der Waals surface area contributed by atoms with Crippen molar-refractivity contribution in [2.45, 2.75) is 26.3 Å². The standard InChI is InChI=1S/C22H30N4O2/c1-17(2)19-5-7-20(8-6-19)28-16-22(27)24-15-18-4-9-21(23-14-18)26-12-10-25(3)11-13-26/h4-9,14,17H,10-13,15-16H2,1-3H3,(H,24,27). The van der Waals surface area contributed by atoms with Gasteiger partial charge in [0.1, 0.15) is 11.6 Å². The first kappa shape index (κ1) is 20.1. The number of nitrogens with one attached hydrogen (secondary N) is 1. The number of pyridine rings is 1. The summed E-state index contributed by atoms with van der Waals surface area (Å²) in [5, 5.41) is 2.88. The van der Waals surface area contributed by atoms with Gasteiger partial charge in [-0.15, -0.1) is 0 Å². The number of ether oxygens (including phenoxy) is 1. The zero-order valence-electron chi connectivity index (χ0n) is 17.0. The van der Waals surface area contributed by atoms with Gasteiger partial charge in [-0.25, -0.2) is 4.98 Å². The van der Waals surface area contributed by atoms with Gasteiger partial charge in [0.05, 0.1) is 0 Å². The molecule has 2 aromatic rings. The molecule has 1 aliphatic heterocycles. The van der Waals surface area contributed by atoms with E-state index in [1.807, 2.05) is 42.6 Å². The monoisotopic (exact) mass is 382 g/mol. The van der Waals surface area contributed by atoms with Crippen molar-refractivity contribution in [2.75, 3.05) is 44.7 Å². The molecular weight excluding hydrogens is 352 g/mol. The van der Waals surface area contributed by atoms with E-state index in [9.17, 15) is 4.79 Å². The first-order valence-electron chi connectivity index (χ1n) is 9.89. The van der Waals surface area contributed by atoms with Crippen molar-refractivity contribution in [3.63, 3.8) is 0 Å². The molecular formula is C22H30N4O2. The molecule has 0 atom stereocenters. The van der Waals surface area contributed by atoms with Crippen LogP contribution in [-0.4, -0.2) is 55.6 Å². The molecule has 2 heterocycles. The summed E-state index contributed by atoms with van der Waals surface area (Å²) >= 11 is 0. The largest absolute Gasteiger partial charge is 0.484 e. The van der Waals surface area contributed by atoms with E-state index >= 15 is 0 Å². The van der Waals surface area contributed by atoms with Gasteiger partial charge >= 0.3 is 0 Å². The predicted molar refractivity (Wildman–Crippen MR) is 112 cm³/mol. The predicted octanol–water partition coefficient (Wildman–Crippen LogP) is 2.65. The number of likely N-dealkylation sites (N-methyl/N-ethyl adjacent to an activating group) is 1. The molecule has 1 aromatic carbocycles. The maximum Gasteiger partial charge on any atom is 0.258 e. The van der Waals surface area contributed by atoms with E-state index in [4.69, 9.17) is 4.74 Å². The number of hydrogen-bond donors (Lipinski definition) is 1. The Hall–Kier alpha value is -2.60. The molecule has 1 aliphatic rings. The van der Waals surface area contributed by atoms with Crippen LogP contribution in [0, 0.1) is 0 Å². The second kappa shape index (κ2) is 9.55. The molecule has 0 bridgehead atoms. The van der Waals surface area contributed by atoms with Crippen LogP contribution in [0.15, 0.2) is 42.6 Å². The van der Waals surface area contributed by atoms with Crippen LogP contribution in [0.25, 0.3) is 0 Å². The van der Waals surface area contributed by atoms with Crippen LogP contribution in [0.4, 0.5) is 5.82 Å². The molecule has 0 aliphatic carbocycles. The second-order valence-corrected chi connectivity index (χ2v) is 7.60. The van der Waals surface area contributed by atoms with Crippen molar-refractivity contribution in [3.8, 4) is 5.75 Å². The molecule has 1 aromatic heterocycles. The number of amides is 1. The van der Waals surface area contributed by atoms with Crippen LogP contribution >= 0.6 is 0 Å². The lowest BCUT2D eigenvalue weighted by Gasteiger charge is -2.33. The summed E-state index contributed by atoms with van der Waals surface area (Å²) in [4.78, 5) is 21.2. The zero-order valence-corrected chi connectivity index (χ0v) is 17.0. The van der Waals surface area contributed by atoms with Crippen LogP contribution in [-0.2, 0) is 11.3 Å². The van der Waals surface area contributed by atoms with Crippen molar-refractivity contribution in [2.24, 2.45) is 0 Å². The Morgan fingerprint density at radius 3 is 2.43 bits per heavy atom. The minimum Gasteiger partial charge on any atom is -0.484 e. The van der Waals surface area contributed by atoms with Crippen LogP contribution in [0.5, 0.6) is 5.75 Å². The quantitative estimate of drug-likeness (QED) is 0.798. The van der Waals surface area contributed by atoms with Crippen molar-refractivity contribution in [1.29, 1.82) is 0 Å². The minimum atomic E-state index is -0.143. The lowest BCUT2D eigenvalue weighted by molar-refractivity contribution is -0.123. The van der Waals surface area contributed by atoms with Gasteiger partial charge in [0, 0.05) is 38.9 Å². The zero-order chi connectivity index (χ0) is 19.9. The number of nitrogens with zero attached hydrogens (tertiary/aromatic N) is 3. The molecule has 1 amide bonds. The van der Waals surface area contributed by atoms with Gasteiger partial charge in [-0.05, 0) is 42.3 Å². The SMILES string of the molecule is CC(C)c1ccc(OCC(=O)NCc2ccc(N3CCN(C)CC3)nc2)cc1. The van der Waals surface area contributed by atoms with E-state index in [0.717, 1.165) is 37.6 Å². The van der Waals surface area contributed by atoms with E-state index in [-0.39, 0.29) is 12.5 Å². The lowest BCUT2D eigenvalue weighted by Crippen LogP contribution is -2.44. The van der Waals surface area contributed by atoms with Crippen molar-refractivity contribution >= 4 is 11.7 Å². The summed E-state index contributed by atoms with van der Waals surface area (Å²) in [7, 11) is 2.14. The van der Waals surface area contributed by atoms with Crippen LogP contribution < -0.4 is 15.0 Å². The second-order valence-electron chi connectivity index (χ2n) is 7.60. The summed E-state index contributed by atoms with van der Waals surface area (Å²) in [5.41, 5.74) is 2.23. The third-order valence-corrected chi connectivity index (χ3v) is 5.04. The molecule has 1 saturated heterocycles. The maximum absolute atomic E-state index is 12.0. The molecule has 150 valence electrons. The molecule has 0 unspecified atom stereocenters. The number of carbonyl (C=O) groups excluding carboxylic acids is 1. The molecule has 0 saturated carbocycles. The summed E-state index contributed by atoms with van der Waals surface area (Å²) in [6.07, 6.45) is 1.83. The topological polar surface area (TPSA) is 57.7 Å². The number of anilines is 1. The fraction of sp³-hybridized carbons (Fsp3) is 0.455. The van der Waals surface area contributed by atoms with E-state index in [1.165, 1.54) is 5.56 Å². The third kappa shape index (κ3) is 5.70. The highest BCUT2D eigenvalue weighted by Gasteiger charge is 2.15. The Bertz CT molecular complexity index is 751. The Balaban J connectivity index is 1.41. The van der Waals surface area contributed by atoms with Gasteiger partial charge in [-0.2, -0.15) is 0 Å².